The van der Waals surface area contributed by atoms with Crippen LogP contribution >= 0.6 is 7.94 Å². The van der Waals surface area contributed by atoms with Gasteiger partial charge in [-0.25, -0.2) is 0 Å². The molecule has 29 heavy (non-hydrogen) atoms. The molecule has 0 saturated carbocycles. The first kappa shape index (κ1) is 21.2. The number of rotatable bonds is 8. The van der Waals surface area contributed by atoms with E-state index >= 15 is 0 Å². The summed E-state index contributed by atoms with van der Waals surface area (Å²) in [4.78, 5) is 0. The van der Waals surface area contributed by atoms with Crippen LogP contribution in [0.5, 0.6) is 17.2 Å². The fourth-order valence-corrected chi connectivity index (χ4v) is 6.27. The second kappa shape index (κ2) is 9.33. The molecule has 3 nitrogen and oxygen atoms in total. The summed E-state index contributed by atoms with van der Waals surface area (Å²) in [5.74, 6) is 2.77. The van der Waals surface area contributed by atoms with E-state index in [1.165, 1.54) is 0 Å². The molecule has 0 atom stereocenters. The first-order valence-electron chi connectivity index (χ1n) is 10.1. The molecule has 0 aliphatic heterocycles. The molecule has 0 radical (unpaired) electrons. The normalized spacial score (nSPS) is 11.9. The molecule has 0 aliphatic carbocycles. The van der Waals surface area contributed by atoms with E-state index in [1.807, 2.05) is 93.6 Å². The van der Waals surface area contributed by atoms with Crippen molar-refractivity contribution in [2.45, 2.75) is 34.6 Å². The maximum atomic E-state index is 6.66. The van der Waals surface area contributed by atoms with Crippen molar-refractivity contribution in [1.29, 1.82) is 0 Å². The zero-order valence-corrected chi connectivity index (χ0v) is 18.9. The summed E-state index contributed by atoms with van der Waals surface area (Å²) in [7, 11) is -3.18. The molecule has 0 fully saturated rings. The molecular formula is C25H31O3P. The van der Waals surface area contributed by atoms with Gasteiger partial charge in [0.15, 0.2) is 0 Å². The molecule has 0 aromatic heterocycles. The zero-order chi connectivity index (χ0) is 20.9. The van der Waals surface area contributed by atoms with E-state index in [9.17, 15) is 0 Å². The van der Waals surface area contributed by atoms with Crippen LogP contribution in [0.25, 0.3) is 0 Å². The summed E-state index contributed by atoms with van der Waals surface area (Å²) in [5, 5.41) is 0. The monoisotopic (exact) mass is 410 g/mol. The van der Waals surface area contributed by atoms with Crippen LogP contribution in [0, 0.1) is 26.7 Å². The van der Waals surface area contributed by atoms with Gasteiger partial charge < -0.3 is 0 Å². The van der Waals surface area contributed by atoms with Gasteiger partial charge in [-0.05, 0) is 0 Å². The number of hydrogen-bond donors (Lipinski definition) is 0. The van der Waals surface area contributed by atoms with E-state index in [0.29, 0.717) is 12.1 Å². The van der Waals surface area contributed by atoms with Crippen LogP contribution in [-0.2, 0) is 0 Å². The Morgan fingerprint density at radius 3 is 1.17 bits per heavy atom. The standard InChI is InChI=1S/C25H31O3P/c1-19(2)18-29(26-23-15-9-6-12-20(23)3,27-24-16-10-7-13-21(24)4)28-25-17-11-8-14-22(25)5/h6-17,19,29H,18H2,1-5H3. The van der Waals surface area contributed by atoms with E-state index in [4.69, 9.17) is 13.6 Å². The first-order valence-corrected chi connectivity index (χ1v) is 12.1. The molecule has 0 aliphatic rings. The molecule has 3 aromatic carbocycles. The van der Waals surface area contributed by atoms with E-state index in [-0.39, 0.29) is 0 Å². The molecule has 4 heteroatoms. The van der Waals surface area contributed by atoms with E-state index in [1.54, 1.807) is 0 Å². The minimum absolute atomic E-state index is 0.346. The van der Waals surface area contributed by atoms with Crippen molar-refractivity contribution in [2.24, 2.45) is 5.92 Å². The van der Waals surface area contributed by atoms with Gasteiger partial charge in [-0.3, -0.25) is 0 Å². The van der Waals surface area contributed by atoms with Crippen molar-refractivity contribution in [3.63, 3.8) is 0 Å². The van der Waals surface area contributed by atoms with Gasteiger partial charge >= 0.3 is 175 Å². The Morgan fingerprint density at radius 1 is 0.586 bits per heavy atom. The summed E-state index contributed by atoms with van der Waals surface area (Å²) in [5.41, 5.74) is 3.19. The van der Waals surface area contributed by atoms with E-state index in [2.05, 4.69) is 13.8 Å². The van der Waals surface area contributed by atoms with Crippen LogP contribution < -0.4 is 13.6 Å². The predicted molar refractivity (Wildman–Crippen MR) is 123 cm³/mol. The number of hydrogen-bond acceptors (Lipinski definition) is 3. The Labute approximate surface area is 175 Å². The summed E-state index contributed by atoms with van der Waals surface area (Å²) < 4.78 is 20.0. The van der Waals surface area contributed by atoms with Crippen LogP contribution in [0.4, 0.5) is 0 Å². The number of benzene rings is 3. The van der Waals surface area contributed by atoms with Gasteiger partial charge in [-0.15, -0.1) is 0 Å². The Hall–Kier alpha value is -2.51. The van der Waals surface area contributed by atoms with Crippen molar-refractivity contribution in [3.05, 3.63) is 89.5 Å². The summed E-state index contributed by atoms with van der Waals surface area (Å²) in [6.07, 6.45) is 0.698. The quantitative estimate of drug-likeness (QED) is 0.365. The third-order valence-electron chi connectivity index (χ3n) is 4.74. The fourth-order valence-electron chi connectivity index (χ4n) is 3.20. The molecule has 0 unspecified atom stereocenters. The van der Waals surface area contributed by atoms with Crippen LogP contribution in [0.2, 0.25) is 0 Å². The second-order valence-electron chi connectivity index (χ2n) is 7.88. The fraction of sp³-hybridized carbons (Fsp3) is 0.280. The molecule has 3 rings (SSSR count). The molecule has 0 bridgehead atoms. The molecule has 3 aromatic rings. The van der Waals surface area contributed by atoms with E-state index in [0.717, 1.165) is 33.9 Å². The van der Waals surface area contributed by atoms with Crippen molar-refractivity contribution in [3.8, 4) is 17.2 Å². The van der Waals surface area contributed by atoms with Crippen molar-refractivity contribution >= 4 is 7.94 Å². The summed E-state index contributed by atoms with van der Waals surface area (Å²) in [6, 6.07) is 24.1. The average molecular weight is 410 g/mol. The SMILES string of the molecule is Cc1ccccc1O[PH](CC(C)C)(Oc1ccccc1C)Oc1ccccc1C. The molecule has 0 amide bonds. The topological polar surface area (TPSA) is 27.7 Å². The Bertz CT molecular complexity index is 836. The van der Waals surface area contributed by atoms with Gasteiger partial charge in [-0.1, -0.05) is 0 Å². The predicted octanol–water partition coefficient (Wildman–Crippen LogP) is 7.30. The molecule has 0 saturated heterocycles. The van der Waals surface area contributed by atoms with Gasteiger partial charge in [0.1, 0.15) is 0 Å². The van der Waals surface area contributed by atoms with Gasteiger partial charge in [0.05, 0.1) is 0 Å². The number of aryl methyl sites for hydroxylation is 3. The van der Waals surface area contributed by atoms with Crippen LogP contribution in [0.3, 0.4) is 0 Å². The summed E-state index contributed by atoms with van der Waals surface area (Å²) >= 11 is 0. The molecule has 0 N–H and O–H groups in total. The van der Waals surface area contributed by atoms with Crippen molar-refractivity contribution in [2.75, 3.05) is 6.16 Å². The third-order valence-corrected chi connectivity index (χ3v) is 7.64. The van der Waals surface area contributed by atoms with Gasteiger partial charge in [-0.2, -0.15) is 0 Å². The van der Waals surface area contributed by atoms with Gasteiger partial charge in [0.2, 0.25) is 0 Å². The molecule has 154 valence electrons. The van der Waals surface area contributed by atoms with Gasteiger partial charge in [0, 0.05) is 0 Å². The number of para-hydroxylation sites is 3. The third kappa shape index (κ3) is 5.52. The van der Waals surface area contributed by atoms with Crippen LogP contribution in [0.1, 0.15) is 30.5 Å². The molecule has 0 heterocycles. The second-order valence-corrected chi connectivity index (χ2v) is 10.3. The van der Waals surface area contributed by atoms with Gasteiger partial charge in [0.25, 0.3) is 0 Å². The van der Waals surface area contributed by atoms with E-state index < -0.39 is 7.94 Å². The Balaban J connectivity index is 2.08. The average Bonchev–Trinajstić information content (AvgIpc) is 2.67. The van der Waals surface area contributed by atoms with Crippen LogP contribution in [-0.4, -0.2) is 6.16 Å². The van der Waals surface area contributed by atoms with Crippen molar-refractivity contribution < 1.29 is 13.6 Å². The Kier molecular flexibility index (Phi) is 6.82. The van der Waals surface area contributed by atoms with Crippen molar-refractivity contribution in [1.82, 2.24) is 0 Å². The first-order chi connectivity index (χ1) is 13.9. The molecular weight excluding hydrogens is 379 g/mol. The maximum absolute atomic E-state index is 6.66. The van der Waals surface area contributed by atoms with Crippen LogP contribution in [0.15, 0.2) is 72.8 Å². The zero-order valence-electron chi connectivity index (χ0n) is 17.9. The Morgan fingerprint density at radius 2 is 0.897 bits per heavy atom. The molecule has 0 spiro atoms. The summed E-state index contributed by atoms with van der Waals surface area (Å²) in [6.45, 7) is 10.5. The minimum atomic E-state index is -3.18.